The summed E-state index contributed by atoms with van der Waals surface area (Å²) in [7, 11) is 5.08. The first-order valence-electron chi connectivity index (χ1n) is 9.68. The number of nitrogens with zero attached hydrogens (tertiary/aromatic N) is 4. The molecule has 4 heterocycles. The van der Waals surface area contributed by atoms with E-state index in [9.17, 15) is 19.5 Å². The predicted molar refractivity (Wildman–Crippen MR) is 116 cm³/mol. The Labute approximate surface area is 191 Å². The number of carboxylic acids is 1. The molecule has 14 heteroatoms. The lowest BCUT2D eigenvalue weighted by Crippen LogP contribution is -2.71. The lowest BCUT2D eigenvalue weighted by atomic mass is 9.99. The van der Waals surface area contributed by atoms with Crippen molar-refractivity contribution in [3.8, 4) is 0 Å². The van der Waals surface area contributed by atoms with Crippen molar-refractivity contribution in [2.45, 2.75) is 23.9 Å². The molecule has 0 radical (unpaired) electrons. The molecule has 1 aromatic heterocycles. The molecule has 0 bridgehead atoms. The summed E-state index contributed by atoms with van der Waals surface area (Å²) in [6.07, 6.45) is 0.293. The number of carboxylic acid groups (broad SMARTS) is 1. The van der Waals surface area contributed by atoms with E-state index in [0.29, 0.717) is 22.4 Å². The highest BCUT2D eigenvalue weighted by Crippen LogP contribution is 2.43. The highest BCUT2D eigenvalue weighted by atomic mass is 32.2. The molecule has 2 unspecified atom stereocenters. The lowest BCUT2D eigenvalue weighted by Gasteiger charge is -2.49. The number of β-lactam (4-membered cyclic amide) rings is 1. The Balaban J connectivity index is 1.53. The quantitative estimate of drug-likeness (QED) is 0.212. The Morgan fingerprint density at radius 3 is 2.78 bits per heavy atom. The number of rotatable bonds is 6. The number of oxime groups is 1. The van der Waals surface area contributed by atoms with Crippen molar-refractivity contribution in [3.63, 3.8) is 0 Å². The van der Waals surface area contributed by atoms with Gasteiger partial charge in [-0.2, -0.15) is 9.48 Å². The molecule has 2 saturated heterocycles. The van der Waals surface area contributed by atoms with E-state index in [1.807, 2.05) is 14.1 Å². The van der Waals surface area contributed by atoms with Gasteiger partial charge in [0.1, 0.15) is 42.6 Å². The minimum Gasteiger partial charge on any atom is -0.477 e. The van der Waals surface area contributed by atoms with Crippen molar-refractivity contribution in [1.29, 1.82) is 0 Å². The van der Waals surface area contributed by atoms with Gasteiger partial charge in [0.05, 0.1) is 14.1 Å². The Bertz CT molecular complexity index is 1040. The minimum atomic E-state index is -1.19. The lowest BCUT2D eigenvalue weighted by molar-refractivity contribution is -1.06. The van der Waals surface area contributed by atoms with Crippen LogP contribution in [0.2, 0.25) is 0 Å². The third-order valence-electron chi connectivity index (χ3n) is 5.38. The van der Waals surface area contributed by atoms with Gasteiger partial charge in [0.25, 0.3) is 11.8 Å². The van der Waals surface area contributed by atoms with Crippen LogP contribution in [0.25, 0.3) is 0 Å². The Morgan fingerprint density at radius 2 is 2.22 bits per heavy atom. The van der Waals surface area contributed by atoms with Crippen LogP contribution < -0.4 is 11.1 Å². The Kier molecular flexibility index (Phi) is 5.87. The number of carbonyl (C=O) groups is 3. The number of fused-ring (bicyclic) bond motifs is 1. The van der Waals surface area contributed by atoms with Crippen molar-refractivity contribution in [2.75, 3.05) is 39.2 Å². The molecule has 0 saturated carbocycles. The molecular formula is C18H23N6O6S2+. The van der Waals surface area contributed by atoms with Crippen LogP contribution in [0.15, 0.2) is 21.8 Å². The molecule has 2 amide bonds. The predicted octanol–water partition coefficient (Wildman–Crippen LogP) is -0.405. The second kappa shape index (κ2) is 8.35. The summed E-state index contributed by atoms with van der Waals surface area (Å²) in [5.74, 6) is -1.98. The number of thiazole rings is 1. The van der Waals surface area contributed by atoms with Crippen LogP contribution in [0.3, 0.4) is 0 Å². The third kappa shape index (κ3) is 3.94. The van der Waals surface area contributed by atoms with E-state index in [4.69, 9.17) is 15.4 Å². The first-order valence-corrected chi connectivity index (χ1v) is 11.6. The van der Waals surface area contributed by atoms with E-state index in [1.165, 1.54) is 23.8 Å². The van der Waals surface area contributed by atoms with Crippen molar-refractivity contribution in [1.82, 2.24) is 15.2 Å². The number of carbonyl (C=O) groups excluding carboxylic acids is 2. The monoisotopic (exact) mass is 483 g/mol. The number of nitrogen functional groups attached to an aromatic ring is 1. The molecule has 172 valence electrons. The van der Waals surface area contributed by atoms with E-state index in [1.54, 1.807) is 5.38 Å². The molecule has 32 heavy (non-hydrogen) atoms. The zero-order valence-electron chi connectivity index (χ0n) is 17.6. The van der Waals surface area contributed by atoms with Crippen LogP contribution in [-0.4, -0.2) is 94.2 Å². The van der Waals surface area contributed by atoms with Crippen molar-refractivity contribution in [2.24, 2.45) is 5.16 Å². The molecule has 0 spiro atoms. The molecule has 1 aromatic rings. The van der Waals surface area contributed by atoms with Gasteiger partial charge in [-0.25, -0.2) is 9.78 Å². The molecule has 12 nitrogen and oxygen atoms in total. The maximum absolute atomic E-state index is 12.9. The number of hydrogen-bond acceptors (Lipinski definition) is 10. The van der Waals surface area contributed by atoms with Gasteiger partial charge < -0.3 is 21.0 Å². The number of thioether (sulfide) groups is 1. The standard InChI is InChI=1S/C18H22N6O6S2/c1-24(2)5-4-10(30-24)8-6-31-16-12(15(26)23(16)13(8)17(27)28)21-14(25)11(22-29-3)9-7-32-18(19)20-9/h7,10,12,16H,4-6H2,1-3H3,(H3-,19,20,21,25,27,28)/p+1/b22-11-/t10-,12?,16?/m1/s1. The second-order valence-corrected chi connectivity index (χ2v) is 9.91. The van der Waals surface area contributed by atoms with E-state index < -0.39 is 29.2 Å². The van der Waals surface area contributed by atoms with E-state index in [-0.39, 0.29) is 28.3 Å². The summed E-state index contributed by atoms with van der Waals surface area (Å²) in [4.78, 5) is 53.7. The zero-order chi connectivity index (χ0) is 23.2. The van der Waals surface area contributed by atoms with Gasteiger partial charge in [-0.05, 0) is 0 Å². The van der Waals surface area contributed by atoms with Gasteiger partial charge in [0.2, 0.25) is 0 Å². The first-order chi connectivity index (χ1) is 15.1. The van der Waals surface area contributed by atoms with Crippen molar-refractivity contribution < 1.29 is 33.8 Å². The number of aliphatic carboxylic acids is 1. The maximum Gasteiger partial charge on any atom is 0.352 e. The maximum atomic E-state index is 12.9. The molecule has 4 rings (SSSR count). The van der Waals surface area contributed by atoms with Gasteiger partial charge in [-0.1, -0.05) is 5.16 Å². The zero-order valence-corrected chi connectivity index (χ0v) is 19.2. The average Bonchev–Trinajstić information content (AvgIpc) is 3.33. The smallest absolute Gasteiger partial charge is 0.352 e. The number of aromatic nitrogens is 1. The second-order valence-electron chi connectivity index (χ2n) is 7.91. The average molecular weight is 484 g/mol. The Morgan fingerprint density at radius 1 is 1.47 bits per heavy atom. The van der Waals surface area contributed by atoms with Gasteiger partial charge in [0.15, 0.2) is 10.8 Å². The van der Waals surface area contributed by atoms with Crippen molar-refractivity contribution in [3.05, 3.63) is 22.3 Å². The summed E-state index contributed by atoms with van der Waals surface area (Å²) >= 11 is 2.52. The summed E-state index contributed by atoms with van der Waals surface area (Å²) in [6.45, 7) is 0.741. The summed E-state index contributed by atoms with van der Waals surface area (Å²) < 4.78 is 0.324. The normalized spacial score (nSPS) is 27.1. The largest absolute Gasteiger partial charge is 0.477 e. The van der Waals surface area contributed by atoms with Crippen LogP contribution in [0.1, 0.15) is 12.1 Å². The number of hydrogen-bond donors (Lipinski definition) is 3. The van der Waals surface area contributed by atoms with E-state index in [0.717, 1.165) is 17.9 Å². The van der Waals surface area contributed by atoms with E-state index in [2.05, 4.69) is 15.5 Å². The molecule has 3 aliphatic heterocycles. The van der Waals surface area contributed by atoms with Gasteiger partial charge in [-0.15, -0.1) is 23.1 Å². The highest BCUT2D eigenvalue weighted by Gasteiger charge is 2.56. The molecular weight excluding hydrogens is 460 g/mol. The van der Waals surface area contributed by atoms with Crippen LogP contribution in [0, 0.1) is 0 Å². The molecule has 3 aliphatic rings. The van der Waals surface area contributed by atoms with Crippen LogP contribution in [0.5, 0.6) is 0 Å². The van der Waals surface area contributed by atoms with Gasteiger partial charge in [0, 0.05) is 23.1 Å². The molecule has 2 fully saturated rings. The molecule has 0 aliphatic carbocycles. The SMILES string of the molecule is CO/N=C(\C(=O)NC1C(=O)N2C(C(=O)O)=C([C@H]3CC[N+](C)(C)O3)CSC12)c1csc(N)n1. The fourth-order valence-electron chi connectivity index (χ4n) is 3.91. The first kappa shape index (κ1) is 22.5. The number of amides is 2. The third-order valence-corrected chi connectivity index (χ3v) is 7.36. The summed E-state index contributed by atoms with van der Waals surface area (Å²) in [6, 6.07) is -0.904. The van der Waals surface area contributed by atoms with Crippen molar-refractivity contribution >= 4 is 51.7 Å². The van der Waals surface area contributed by atoms with Crippen LogP contribution in [0.4, 0.5) is 5.13 Å². The number of nitrogens with two attached hydrogens (primary N) is 1. The van der Waals surface area contributed by atoms with Crippen LogP contribution in [-0.2, 0) is 24.1 Å². The Hall–Kier alpha value is -2.68. The number of hydroxylamine groups is 3. The van der Waals surface area contributed by atoms with Gasteiger partial charge >= 0.3 is 5.97 Å². The fourth-order valence-corrected chi connectivity index (χ4v) is 5.86. The highest BCUT2D eigenvalue weighted by molar-refractivity contribution is 8.00. The number of anilines is 1. The molecule has 4 N–H and O–H groups in total. The number of quaternary nitrogens is 1. The van der Waals surface area contributed by atoms with Gasteiger partial charge in [-0.3, -0.25) is 14.5 Å². The van der Waals surface area contributed by atoms with E-state index >= 15 is 0 Å². The molecule has 3 atom stereocenters. The topological polar surface area (TPSA) is 156 Å². The fraction of sp³-hybridized carbons (Fsp3) is 0.500. The number of nitrogens with one attached hydrogen (secondary N) is 1. The molecule has 0 aromatic carbocycles. The van der Waals surface area contributed by atoms with Crippen LogP contribution >= 0.6 is 23.1 Å². The summed E-state index contributed by atoms with van der Waals surface area (Å²) in [5.41, 5.74) is 6.25. The minimum absolute atomic E-state index is 0.0609. The summed E-state index contributed by atoms with van der Waals surface area (Å²) in [5, 5.41) is 17.4.